The number of rotatable bonds is 5. The molecule has 118 valence electrons. The Morgan fingerprint density at radius 3 is 2.83 bits per heavy atom. The number of nitrogens with zero attached hydrogens (tertiary/aromatic N) is 1. The number of aromatic nitrogens is 1. The zero-order valence-electron chi connectivity index (χ0n) is 13.1. The van der Waals surface area contributed by atoms with Crippen molar-refractivity contribution < 1.29 is 9.53 Å². The Kier molecular flexibility index (Phi) is 4.57. The highest BCUT2D eigenvalue weighted by Gasteiger charge is 2.10. The van der Waals surface area contributed by atoms with Gasteiger partial charge in [-0.25, -0.2) is 4.98 Å². The number of para-hydroxylation sites is 2. The van der Waals surface area contributed by atoms with Crippen LogP contribution in [0.1, 0.15) is 17.5 Å². The average molecular weight is 326 g/mol. The number of hydrogen-bond donors (Lipinski definition) is 1. The van der Waals surface area contributed by atoms with Crippen molar-refractivity contribution in [2.75, 3.05) is 12.4 Å². The lowest BCUT2D eigenvalue weighted by atomic mass is 10.1. The lowest BCUT2D eigenvalue weighted by Gasteiger charge is -2.07. The first-order valence-corrected chi connectivity index (χ1v) is 8.27. The van der Waals surface area contributed by atoms with Gasteiger partial charge in [-0.2, -0.15) is 0 Å². The summed E-state index contributed by atoms with van der Waals surface area (Å²) in [7, 11) is 1.64. The molecule has 0 radical (unpaired) electrons. The number of ether oxygens (including phenoxy) is 1. The van der Waals surface area contributed by atoms with Gasteiger partial charge < -0.3 is 10.1 Å². The van der Waals surface area contributed by atoms with Gasteiger partial charge >= 0.3 is 0 Å². The lowest BCUT2D eigenvalue weighted by Crippen LogP contribution is -2.12. The van der Waals surface area contributed by atoms with E-state index in [2.05, 4.69) is 10.3 Å². The quantitative estimate of drug-likeness (QED) is 0.765. The Morgan fingerprint density at radius 1 is 1.22 bits per heavy atom. The standard InChI is InChI=1S/C18H18N2O2S/c1-12-6-5-9-15-17(12)20-18(23-15)19-16(21)11-10-13-7-3-4-8-14(13)22-2/h3-9H,10-11H2,1-2H3,(H,19,20,21). The number of anilines is 1. The maximum atomic E-state index is 12.2. The van der Waals surface area contributed by atoms with Crippen LogP contribution in [0, 0.1) is 6.92 Å². The topological polar surface area (TPSA) is 51.2 Å². The second-order valence-electron chi connectivity index (χ2n) is 5.30. The van der Waals surface area contributed by atoms with Crippen LogP contribution in [0.25, 0.3) is 10.2 Å². The van der Waals surface area contributed by atoms with E-state index in [0.29, 0.717) is 18.0 Å². The van der Waals surface area contributed by atoms with Gasteiger partial charge in [0, 0.05) is 6.42 Å². The van der Waals surface area contributed by atoms with Crippen molar-refractivity contribution in [2.45, 2.75) is 19.8 Å². The minimum Gasteiger partial charge on any atom is -0.496 e. The molecule has 5 heteroatoms. The monoisotopic (exact) mass is 326 g/mol. The minimum atomic E-state index is -0.0346. The van der Waals surface area contributed by atoms with E-state index in [1.54, 1.807) is 7.11 Å². The Labute approximate surface area is 139 Å². The van der Waals surface area contributed by atoms with Crippen LogP contribution >= 0.6 is 11.3 Å². The zero-order valence-corrected chi connectivity index (χ0v) is 13.9. The van der Waals surface area contributed by atoms with Crippen LogP contribution < -0.4 is 10.1 Å². The van der Waals surface area contributed by atoms with Gasteiger partial charge in [-0.3, -0.25) is 4.79 Å². The fourth-order valence-corrected chi connectivity index (χ4v) is 3.44. The van der Waals surface area contributed by atoms with E-state index in [9.17, 15) is 4.79 Å². The molecule has 0 saturated carbocycles. The molecule has 0 atom stereocenters. The smallest absolute Gasteiger partial charge is 0.226 e. The van der Waals surface area contributed by atoms with Gasteiger partial charge in [0.15, 0.2) is 5.13 Å². The predicted molar refractivity (Wildman–Crippen MR) is 94.3 cm³/mol. The van der Waals surface area contributed by atoms with E-state index in [-0.39, 0.29) is 5.91 Å². The molecule has 0 saturated heterocycles. The molecular formula is C18H18N2O2S. The molecule has 1 N–H and O–H groups in total. The molecule has 0 bridgehead atoms. The van der Waals surface area contributed by atoms with E-state index in [1.807, 2.05) is 49.4 Å². The molecule has 1 amide bonds. The van der Waals surface area contributed by atoms with Crippen molar-refractivity contribution >= 4 is 32.6 Å². The molecule has 23 heavy (non-hydrogen) atoms. The van der Waals surface area contributed by atoms with Crippen LogP contribution in [0.5, 0.6) is 5.75 Å². The third kappa shape index (κ3) is 3.51. The van der Waals surface area contributed by atoms with Crippen LogP contribution in [0.4, 0.5) is 5.13 Å². The Balaban J connectivity index is 1.65. The van der Waals surface area contributed by atoms with Gasteiger partial charge in [0.2, 0.25) is 5.91 Å². The Hall–Kier alpha value is -2.40. The molecule has 0 unspecified atom stereocenters. The highest BCUT2D eigenvalue weighted by molar-refractivity contribution is 7.22. The van der Waals surface area contributed by atoms with Crippen LogP contribution in [-0.4, -0.2) is 18.0 Å². The molecule has 0 aliphatic heterocycles. The molecule has 0 spiro atoms. The van der Waals surface area contributed by atoms with Gasteiger partial charge in [-0.1, -0.05) is 41.7 Å². The van der Waals surface area contributed by atoms with E-state index in [0.717, 1.165) is 27.1 Å². The number of thiazole rings is 1. The van der Waals surface area contributed by atoms with E-state index in [4.69, 9.17) is 4.74 Å². The van der Waals surface area contributed by atoms with Gasteiger partial charge in [0.1, 0.15) is 5.75 Å². The highest BCUT2D eigenvalue weighted by Crippen LogP contribution is 2.28. The van der Waals surface area contributed by atoms with Gasteiger partial charge in [-0.15, -0.1) is 0 Å². The molecule has 0 aliphatic carbocycles. The molecule has 0 aliphatic rings. The normalized spacial score (nSPS) is 10.7. The summed E-state index contributed by atoms with van der Waals surface area (Å²) in [5.41, 5.74) is 3.11. The number of nitrogens with one attached hydrogen (secondary N) is 1. The van der Waals surface area contributed by atoms with Gasteiger partial charge in [0.05, 0.1) is 17.3 Å². The van der Waals surface area contributed by atoms with Gasteiger partial charge in [-0.05, 0) is 36.6 Å². The maximum Gasteiger partial charge on any atom is 0.226 e. The summed E-state index contributed by atoms with van der Waals surface area (Å²) in [6, 6.07) is 13.8. The fraction of sp³-hybridized carbons (Fsp3) is 0.222. The maximum absolute atomic E-state index is 12.2. The summed E-state index contributed by atoms with van der Waals surface area (Å²) in [5, 5.41) is 3.55. The van der Waals surface area contributed by atoms with Crippen LogP contribution in [0.2, 0.25) is 0 Å². The van der Waals surface area contributed by atoms with Crippen molar-refractivity contribution in [3.05, 3.63) is 53.6 Å². The van der Waals surface area contributed by atoms with Crippen molar-refractivity contribution in [1.29, 1.82) is 0 Å². The number of fused-ring (bicyclic) bond motifs is 1. The minimum absolute atomic E-state index is 0.0346. The van der Waals surface area contributed by atoms with Crippen molar-refractivity contribution in [2.24, 2.45) is 0 Å². The highest BCUT2D eigenvalue weighted by atomic mass is 32.1. The second kappa shape index (κ2) is 6.79. The van der Waals surface area contributed by atoms with Crippen LogP contribution in [0.15, 0.2) is 42.5 Å². The summed E-state index contributed by atoms with van der Waals surface area (Å²) >= 11 is 1.50. The van der Waals surface area contributed by atoms with Crippen molar-refractivity contribution in [1.82, 2.24) is 4.98 Å². The molecule has 3 aromatic rings. The number of benzene rings is 2. The van der Waals surface area contributed by atoms with Crippen molar-refractivity contribution in [3.63, 3.8) is 0 Å². The molecule has 1 aromatic heterocycles. The first-order chi connectivity index (χ1) is 11.2. The molecule has 0 fully saturated rings. The third-order valence-electron chi connectivity index (χ3n) is 3.68. The fourth-order valence-electron chi connectivity index (χ4n) is 2.48. The molecule has 1 heterocycles. The number of carbonyl (C=O) groups excluding carboxylic acids is 1. The summed E-state index contributed by atoms with van der Waals surface area (Å²) in [5.74, 6) is 0.781. The number of hydrogen-bond acceptors (Lipinski definition) is 4. The summed E-state index contributed by atoms with van der Waals surface area (Å²) < 4.78 is 6.39. The van der Waals surface area contributed by atoms with E-state index in [1.165, 1.54) is 11.3 Å². The molecule has 3 rings (SSSR count). The van der Waals surface area contributed by atoms with Crippen molar-refractivity contribution in [3.8, 4) is 5.75 Å². The number of aryl methyl sites for hydroxylation is 2. The summed E-state index contributed by atoms with van der Waals surface area (Å²) in [6.45, 7) is 2.02. The van der Waals surface area contributed by atoms with Crippen LogP contribution in [-0.2, 0) is 11.2 Å². The molecule has 2 aromatic carbocycles. The molecular weight excluding hydrogens is 308 g/mol. The largest absolute Gasteiger partial charge is 0.496 e. The second-order valence-corrected chi connectivity index (χ2v) is 6.33. The average Bonchev–Trinajstić information content (AvgIpc) is 2.97. The number of amides is 1. The first kappa shape index (κ1) is 15.5. The lowest BCUT2D eigenvalue weighted by molar-refractivity contribution is -0.116. The zero-order chi connectivity index (χ0) is 16.2. The Morgan fingerprint density at radius 2 is 2.04 bits per heavy atom. The van der Waals surface area contributed by atoms with E-state index >= 15 is 0 Å². The number of carbonyl (C=O) groups is 1. The predicted octanol–water partition coefficient (Wildman–Crippen LogP) is 4.18. The first-order valence-electron chi connectivity index (χ1n) is 7.45. The van der Waals surface area contributed by atoms with Crippen LogP contribution in [0.3, 0.4) is 0 Å². The van der Waals surface area contributed by atoms with E-state index < -0.39 is 0 Å². The third-order valence-corrected chi connectivity index (χ3v) is 4.62. The SMILES string of the molecule is COc1ccccc1CCC(=O)Nc1nc2c(C)cccc2s1. The van der Waals surface area contributed by atoms with Gasteiger partial charge in [0.25, 0.3) is 0 Å². The Bertz CT molecular complexity index is 842. The molecule has 4 nitrogen and oxygen atoms in total. The summed E-state index contributed by atoms with van der Waals surface area (Å²) in [4.78, 5) is 16.7. The number of methoxy groups -OCH3 is 1. The summed E-state index contributed by atoms with van der Waals surface area (Å²) in [6.07, 6.45) is 1.04.